The zero-order valence-corrected chi connectivity index (χ0v) is 22.5. The van der Waals surface area contributed by atoms with E-state index >= 15 is 0 Å². The van der Waals surface area contributed by atoms with Crippen LogP contribution in [0.25, 0.3) is 11.4 Å². The van der Waals surface area contributed by atoms with Crippen LogP contribution in [0.5, 0.6) is 0 Å². The fourth-order valence-corrected chi connectivity index (χ4v) is 3.93. The average Bonchev–Trinajstić information content (AvgIpc) is 2.79. The van der Waals surface area contributed by atoms with Gasteiger partial charge in [0.1, 0.15) is 12.8 Å². The van der Waals surface area contributed by atoms with Gasteiger partial charge in [-0.05, 0) is 52.3 Å². The standard InChI is InChI=1S/C30H35F3N4/c1-28(2,3)20-8-12-22(13-9-20)37(23-14-10-21(11-15-23)29(4,5)6)24-16-17-36(7)26(18-24)25(34)19-27(35)30(31,32)33/h8-19,34-35H,1-7H3/b25-19-,35-27?. The molecule has 0 spiro atoms. The molecule has 0 aliphatic carbocycles. The molecule has 4 nitrogen and oxygen atoms in total. The van der Waals surface area contributed by atoms with Crippen LogP contribution < -0.4 is 9.47 Å². The zero-order valence-electron chi connectivity index (χ0n) is 22.5. The van der Waals surface area contributed by atoms with Crippen molar-refractivity contribution in [2.45, 2.75) is 58.5 Å². The van der Waals surface area contributed by atoms with Crippen molar-refractivity contribution in [2.75, 3.05) is 4.90 Å². The minimum absolute atomic E-state index is 0.0146. The molecule has 7 heteroatoms. The molecule has 196 valence electrons. The third kappa shape index (κ3) is 6.59. The number of anilines is 3. The molecule has 37 heavy (non-hydrogen) atoms. The monoisotopic (exact) mass is 508 g/mol. The molecule has 0 saturated heterocycles. The summed E-state index contributed by atoms with van der Waals surface area (Å²) >= 11 is 0. The van der Waals surface area contributed by atoms with Crippen molar-refractivity contribution < 1.29 is 17.7 Å². The van der Waals surface area contributed by atoms with Gasteiger partial charge in [0.05, 0.1) is 5.69 Å². The highest BCUT2D eigenvalue weighted by molar-refractivity contribution is 6.02. The Hall–Kier alpha value is -3.61. The van der Waals surface area contributed by atoms with Gasteiger partial charge in [0.2, 0.25) is 0 Å². The smallest absolute Gasteiger partial charge is 0.432 e. The number of nitrogens with one attached hydrogen (secondary N) is 2. The summed E-state index contributed by atoms with van der Waals surface area (Å²) in [7, 11) is 1.67. The Kier molecular flexibility index (Phi) is 7.59. The van der Waals surface area contributed by atoms with Gasteiger partial charge in [-0.1, -0.05) is 71.5 Å². The minimum Gasteiger partial charge on any atom is -0.693 e. The molecule has 0 unspecified atom stereocenters. The number of hydrogen-bond donors (Lipinski definition) is 1. The van der Waals surface area contributed by atoms with Crippen molar-refractivity contribution in [3.63, 3.8) is 0 Å². The highest BCUT2D eigenvalue weighted by Crippen LogP contribution is 2.37. The van der Waals surface area contributed by atoms with E-state index in [1.165, 1.54) is 11.1 Å². The fraction of sp³-hybridized carbons (Fsp3) is 0.333. The number of rotatable bonds is 5. The van der Waals surface area contributed by atoms with Crippen LogP contribution in [0.3, 0.4) is 0 Å². The quantitative estimate of drug-likeness (QED) is 0.272. The van der Waals surface area contributed by atoms with E-state index in [0.717, 1.165) is 11.4 Å². The lowest BCUT2D eigenvalue weighted by molar-refractivity contribution is -0.673. The Morgan fingerprint density at radius 1 is 0.784 bits per heavy atom. The summed E-state index contributed by atoms with van der Waals surface area (Å²) in [6.45, 7) is 12.9. The summed E-state index contributed by atoms with van der Waals surface area (Å²) in [6, 6.07) is 20.0. The van der Waals surface area contributed by atoms with Crippen LogP contribution in [-0.4, -0.2) is 11.9 Å². The summed E-state index contributed by atoms with van der Waals surface area (Å²) in [5, 5.41) is 7.30. The molecular weight excluding hydrogens is 473 g/mol. The summed E-state index contributed by atoms with van der Waals surface area (Å²) in [4.78, 5) is 2.02. The molecule has 3 rings (SSSR count). The van der Waals surface area contributed by atoms with Gasteiger partial charge in [0.15, 0.2) is 11.9 Å². The first kappa shape index (κ1) is 28.0. The third-order valence-electron chi connectivity index (χ3n) is 6.24. The minimum atomic E-state index is -4.81. The van der Waals surface area contributed by atoms with Crippen molar-refractivity contribution in [3.05, 3.63) is 95.5 Å². The van der Waals surface area contributed by atoms with Crippen LogP contribution >= 0.6 is 0 Å². The van der Waals surface area contributed by atoms with Gasteiger partial charge in [-0.2, -0.15) is 13.2 Å². The molecule has 0 aliphatic rings. The van der Waals surface area contributed by atoms with Crippen molar-refractivity contribution in [2.24, 2.45) is 7.05 Å². The number of nitrogens with zero attached hydrogens (tertiary/aromatic N) is 2. The Balaban J connectivity index is 2.16. The first-order valence-electron chi connectivity index (χ1n) is 12.1. The van der Waals surface area contributed by atoms with Gasteiger partial charge < -0.3 is 10.6 Å². The number of allylic oxidation sites excluding steroid dienone is 1. The fourth-order valence-electron chi connectivity index (χ4n) is 3.93. The van der Waals surface area contributed by atoms with Gasteiger partial charge in [-0.25, -0.2) is 4.57 Å². The molecule has 2 N–H and O–H groups in total. The number of hydrogen-bond acceptors (Lipinski definition) is 2. The second kappa shape index (κ2) is 10.0. The van der Waals surface area contributed by atoms with Crippen LogP contribution in [0.1, 0.15) is 58.4 Å². The van der Waals surface area contributed by atoms with E-state index in [-0.39, 0.29) is 16.5 Å². The van der Waals surface area contributed by atoms with E-state index in [4.69, 9.17) is 11.1 Å². The maximum atomic E-state index is 12.9. The number of halogens is 3. The predicted octanol–water partition coefficient (Wildman–Crippen LogP) is 8.55. The topological polar surface area (TPSA) is 54.8 Å². The van der Waals surface area contributed by atoms with Gasteiger partial charge in [-0.3, -0.25) is 5.41 Å². The lowest BCUT2D eigenvalue weighted by Gasteiger charge is -2.28. The van der Waals surface area contributed by atoms with E-state index in [2.05, 4.69) is 65.8 Å². The van der Waals surface area contributed by atoms with Crippen molar-refractivity contribution >= 4 is 28.5 Å². The average molecular weight is 509 g/mol. The van der Waals surface area contributed by atoms with Gasteiger partial charge in [-0.15, -0.1) is 0 Å². The first-order chi connectivity index (χ1) is 17.0. The number of aromatic nitrogens is 1. The number of alkyl halides is 3. The van der Waals surface area contributed by atoms with Crippen molar-refractivity contribution in [1.82, 2.24) is 0 Å². The molecule has 0 bridgehead atoms. The molecule has 0 saturated carbocycles. The highest BCUT2D eigenvalue weighted by Gasteiger charge is 2.32. The van der Waals surface area contributed by atoms with E-state index in [0.29, 0.717) is 11.8 Å². The van der Waals surface area contributed by atoms with E-state index < -0.39 is 17.6 Å². The van der Waals surface area contributed by atoms with Crippen LogP contribution in [-0.2, 0) is 17.9 Å². The second-order valence-corrected chi connectivity index (χ2v) is 11.3. The number of pyridine rings is 1. The van der Waals surface area contributed by atoms with Gasteiger partial charge in [0, 0.05) is 23.5 Å². The Labute approximate surface area is 217 Å². The van der Waals surface area contributed by atoms with Gasteiger partial charge in [0.25, 0.3) is 0 Å². The summed E-state index contributed by atoms with van der Waals surface area (Å²) in [5.41, 5.74) is 11.4. The maximum absolute atomic E-state index is 12.9. The van der Waals surface area contributed by atoms with E-state index in [1.54, 1.807) is 23.9 Å². The Bertz CT molecular complexity index is 1230. The SMILES string of the molecule is C[n+]1ccc(N(c2ccc(C(C)(C)C)cc2)c2ccc(C(C)(C)C)cc2)cc1/C([NH-])=C/C(=N)C(F)(F)F. The largest absolute Gasteiger partial charge is 0.693 e. The summed E-state index contributed by atoms with van der Waals surface area (Å²) in [5.74, 6) is 0. The lowest BCUT2D eigenvalue weighted by atomic mass is 9.86. The zero-order chi connectivity index (χ0) is 27.8. The molecule has 0 fully saturated rings. The summed E-state index contributed by atoms with van der Waals surface area (Å²) < 4.78 is 40.4. The van der Waals surface area contributed by atoms with Crippen LogP contribution in [0, 0.1) is 5.41 Å². The number of benzene rings is 2. The van der Waals surface area contributed by atoms with Crippen molar-refractivity contribution in [1.29, 1.82) is 5.41 Å². The lowest BCUT2D eigenvalue weighted by Crippen LogP contribution is -2.33. The Morgan fingerprint density at radius 3 is 1.59 bits per heavy atom. The molecule has 0 radical (unpaired) electrons. The molecule has 1 aromatic heterocycles. The number of aryl methyl sites for hydroxylation is 1. The summed E-state index contributed by atoms with van der Waals surface area (Å²) in [6.07, 6.45) is -2.55. The van der Waals surface area contributed by atoms with Gasteiger partial charge >= 0.3 is 6.18 Å². The normalized spacial score (nSPS) is 13.0. The molecule has 3 aromatic rings. The maximum Gasteiger partial charge on any atom is 0.432 e. The Morgan fingerprint density at radius 2 is 1.22 bits per heavy atom. The molecule has 0 atom stereocenters. The van der Waals surface area contributed by atoms with Crippen molar-refractivity contribution in [3.8, 4) is 0 Å². The third-order valence-corrected chi connectivity index (χ3v) is 6.24. The second-order valence-electron chi connectivity index (χ2n) is 11.3. The molecule has 1 heterocycles. The van der Waals surface area contributed by atoms with Crippen LogP contribution in [0.15, 0.2) is 72.9 Å². The highest BCUT2D eigenvalue weighted by atomic mass is 19.4. The molecule has 0 amide bonds. The van der Waals surface area contributed by atoms with Crippen LogP contribution in [0.2, 0.25) is 0 Å². The molecular formula is C30H35F3N4. The molecule has 0 aliphatic heterocycles. The van der Waals surface area contributed by atoms with E-state index in [1.807, 2.05) is 35.2 Å². The predicted molar refractivity (Wildman–Crippen MR) is 146 cm³/mol. The first-order valence-corrected chi connectivity index (χ1v) is 12.1. The van der Waals surface area contributed by atoms with E-state index in [9.17, 15) is 13.2 Å². The molecule has 2 aromatic carbocycles. The van der Waals surface area contributed by atoms with Crippen LogP contribution in [0.4, 0.5) is 30.2 Å².